The van der Waals surface area contributed by atoms with Gasteiger partial charge in [-0.2, -0.15) is 13.8 Å². The van der Waals surface area contributed by atoms with Gasteiger partial charge < -0.3 is 19.5 Å². The van der Waals surface area contributed by atoms with Crippen LogP contribution in [0.25, 0.3) is 22.2 Å². The number of methoxy groups -OCH3 is 1. The molecule has 0 spiro atoms. The summed E-state index contributed by atoms with van der Waals surface area (Å²) in [6.07, 6.45) is 1.04. The number of pyridine rings is 3. The molecule has 1 atom stereocenters. The Hall–Kier alpha value is -4.53. The van der Waals surface area contributed by atoms with E-state index in [1.165, 1.54) is 25.4 Å². The number of fused-ring (bicyclic) bond motifs is 2. The van der Waals surface area contributed by atoms with Crippen LogP contribution in [0.3, 0.4) is 0 Å². The molecule has 3 aromatic heterocycles. The molecule has 0 fully saturated rings. The van der Waals surface area contributed by atoms with Gasteiger partial charge >= 0.3 is 6.61 Å². The zero-order valence-corrected chi connectivity index (χ0v) is 21.9. The van der Waals surface area contributed by atoms with Crippen molar-refractivity contribution in [2.75, 3.05) is 13.7 Å². The number of alkyl halides is 3. The molecule has 0 bridgehead atoms. The molecular weight excluding hydrogens is 572 g/mol. The van der Waals surface area contributed by atoms with Crippen LogP contribution >= 0.6 is 0 Å². The number of rotatable bonds is 7. The molecule has 1 aliphatic heterocycles. The van der Waals surface area contributed by atoms with Crippen molar-refractivity contribution in [2.24, 2.45) is 0 Å². The Bertz CT molecular complexity index is 1760. The van der Waals surface area contributed by atoms with Gasteiger partial charge in [-0.25, -0.2) is 22.2 Å². The highest BCUT2D eigenvalue weighted by Crippen LogP contribution is 2.35. The molecule has 4 heterocycles. The highest BCUT2D eigenvalue weighted by Gasteiger charge is 2.35. The second-order valence-electron chi connectivity index (χ2n) is 8.71. The molecule has 0 saturated carbocycles. The van der Waals surface area contributed by atoms with Crippen LogP contribution < -0.4 is 19.5 Å². The van der Waals surface area contributed by atoms with Gasteiger partial charge in [0.25, 0.3) is 5.91 Å². The van der Waals surface area contributed by atoms with Gasteiger partial charge in [-0.05, 0) is 36.4 Å². The monoisotopic (exact) mass is 592 g/mol. The minimum atomic E-state index is -4.55. The molecule has 1 aromatic carbocycles. The SMILES string of the molecule is COc1nc(OC(F)F)ccc1-c1ccc2cnc(CNC(=O)c3cc(F)c4c(c3)S(=O)(=O)[C@@H](F)CCO4)cc2n1. The Morgan fingerprint density at radius 3 is 2.73 bits per heavy atom. The zero-order valence-electron chi connectivity index (χ0n) is 21.1. The summed E-state index contributed by atoms with van der Waals surface area (Å²) < 4.78 is 93.4. The molecule has 1 amide bonds. The van der Waals surface area contributed by atoms with Gasteiger partial charge in [-0.15, -0.1) is 0 Å². The number of nitrogens with zero attached hydrogens (tertiary/aromatic N) is 3. The van der Waals surface area contributed by atoms with Gasteiger partial charge in [0.15, 0.2) is 11.6 Å². The first-order valence-corrected chi connectivity index (χ1v) is 13.5. The summed E-state index contributed by atoms with van der Waals surface area (Å²) in [7, 11) is -3.24. The number of hydrogen-bond acceptors (Lipinski definition) is 9. The number of hydrogen-bond donors (Lipinski definition) is 1. The summed E-state index contributed by atoms with van der Waals surface area (Å²) >= 11 is 0. The average Bonchev–Trinajstić information content (AvgIpc) is 3.06. The maximum Gasteiger partial charge on any atom is 0.388 e. The first-order valence-electron chi connectivity index (χ1n) is 11.9. The van der Waals surface area contributed by atoms with Gasteiger partial charge in [-0.1, -0.05) is 0 Å². The van der Waals surface area contributed by atoms with E-state index in [9.17, 15) is 30.8 Å². The van der Waals surface area contributed by atoms with Crippen molar-refractivity contribution in [1.82, 2.24) is 20.3 Å². The summed E-state index contributed by atoms with van der Waals surface area (Å²) in [6.45, 7) is -3.52. The van der Waals surface area contributed by atoms with E-state index in [1.54, 1.807) is 18.2 Å². The molecular formula is C26H20F4N4O6S. The van der Waals surface area contributed by atoms with Crippen LogP contribution in [0.4, 0.5) is 17.6 Å². The maximum absolute atomic E-state index is 14.6. The number of sulfone groups is 1. The Morgan fingerprint density at radius 2 is 1.98 bits per heavy atom. The molecule has 1 aliphatic rings. The first-order chi connectivity index (χ1) is 19.6. The quantitative estimate of drug-likeness (QED) is 0.314. The fraction of sp³-hybridized carbons (Fsp3) is 0.231. The van der Waals surface area contributed by atoms with Crippen molar-refractivity contribution in [3.63, 3.8) is 0 Å². The fourth-order valence-corrected chi connectivity index (χ4v) is 5.49. The molecule has 0 unspecified atom stereocenters. The minimum absolute atomic E-state index is 0.0102. The fourth-order valence-electron chi connectivity index (χ4n) is 4.11. The van der Waals surface area contributed by atoms with Gasteiger partial charge in [0.2, 0.25) is 27.1 Å². The summed E-state index contributed by atoms with van der Waals surface area (Å²) in [5.74, 6) is -2.87. The molecule has 214 valence electrons. The van der Waals surface area contributed by atoms with E-state index >= 15 is 0 Å². The van der Waals surface area contributed by atoms with E-state index in [0.29, 0.717) is 27.9 Å². The number of ether oxygens (including phenoxy) is 3. The van der Waals surface area contributed by atoms with Crippen LogP contribution in [-0.4, -0.2) is 55.1 Å². The summed E-state index contributed by atoms with van der Waals surface area (Å²) in [4.78, 5) is 24.8. The molecule has 0 saturated heterocycles. The number of carbonyl (C=O) groups is 1. The van der Waals surface area contributed by atoms with Crippen molar-refractivity contribution in [2.45, 2.75) is 30.0 Å². The van der Waals surface area contributed by atoms with E-state index in [0.717, 1.165) is 12.1 Å². The topological polar surface area (TPSA) is 130 Å². The molecule has 41 heavy (non-hydrogen) atoms. The number of aromatic nitrogens is 3. The third-order valence-electron chi connectivity index (χ3n) is 6.08. The molecule has 0 aliphatic carbocycles. The highest BCUT2D eigenvalue weighted by atomic mass is 32.2. The molecule has 5 rings (SSSR count). The van der Waals surface area contributed by atoms with Crippen LogP contribution in [0, 0.1) is 5.82 Å². The molecule has 0 radical (unpaired) electrons. The Kier molecular flexibility index (Phi) is 7.62. The van der Waals surface area contributed by atoms with Crippen LogP contribution in [0.1, 0.15) is 22.5 Å². The molecule has 10 nitrogen and oxygen atoms in total. The average molecular weight is 593 g/mol. The van der Waals surface area contributed by atoms with E-state index in [4.69, 9.17) is 9.47 Å². The largest absolute Gasteiger partial charge is 0.489 e. The predicted octanol–water partition coefficient (Wildman–Crippen LogP) is 4.22. The summed E-state index contributed by atoms with van der Waals surface area (Å²) in [5, 5.41) is 3.17. The van der Waals surface area contributed by atoms with Crippen molar-refractivity contribution >= 4 is 26.6 Å². The minimum Gasteiger partial charge on any atom is -0.489 e. The molecule has 1 N–H and O–H groups in total. The number of benzene rings is 1. The number of amides is 1. The lowest BCUT2D eigenvalue weighted by Gasteiger charge is -2.12. The van der Waals surface area contributed by atoms with Gasteiger partial charge in [0.05, 0.1) is 42.7 Å². The van der Waals surface area contributed by atoms with Gasteiger partial charge in [-0.3, -0.25) is 9.78 Å². The summed E-state index contributed by atoms with van der Waals surface area (Å²) in [5.41, 5.74) is -1.01. The van der Waals surface area contributed by atoms with Gasteiger partial charge in [0, 0.05) is 29.6 Å². The zero-order chi connectivity index (χ0) is 29.3. The normalized spacial score (nSPS) is 16.0. The van der Waals surface area contributed by atoms with E-state index in [-0.39, 0.29) is 30.5 Å². The number of carbonyl (C=O) groups excluding carboxylic acids is 1. The standard InChI is InChI=1S/C26H20F4N4O6S/c1-38-25-16(3-5-22(34-25)40-26(29)30)18-4-2-13-11-31-15(10-19(13)33-18)12-32-24(35)14-8-17(27)23-20(9-14)41(36,37)21(28)6-7-39-23/h2-5,8-11,21,26H,6-7,12H2,1H3,(H,32,35)/t21-/m1/s1. The van der Waals surface area contributed by atoms with Gasteiger partial charge in [0.1, 0.15) is 4.90 Å². The Morgan fingerprint density at radius 1 is 1.17 bits per heavy atom. The van der Waals surface area contributed by atoms with E-state index in [2.05, 4.69) is 25.0 Å². The highest BCUT2D eigenvalue weighted by molar-refractivity contribution is 7.92. The smallest absolute Gasteiger partial charge is 0.388 e. The van der Waals surface area contributed by atoms with Crippen LogP contribution in [0.15, 0.2) is 53.6 Å². The third-order valence-corrected chi connectivity index (χ3v) is 7.91. The number of nitrogens with one attached hydrogen (secondary N) is 1. The van der Waals surface area contributed by atoms with Crippen LogP contribution in [0.2, 0.25) is 0 Å². The summed E-state index contributed by atoms with van der Waals surface area (Å²) in [6, 6.07) is 9.36. The second kappa shape index (κ2) is 11.2. The second-order valence-corrected chi connectivity index (χ2v) is 10.8. The Labute approximate surface area is 230 Å². The lowest BCUT2D eigenvalue weighted by Crippen LogP contribution is -2.24. The van der Waals surface area contributed by atoms with Crippen molar-refractivity contribution in [3.05, 3.63) is 65.7 Å². The van der Waals surface area contributed by atoms with Crippen molar-refractivity contribution in [1.29, 1.82) is 0 Å². The van der Waals surface area contributed by atoms with Crippen molar-refractivity contribution in [3.8, 4) is 28.8 Å². The third kappa shape index (κ3) is 5.70. The predicted molar refractivity (Wildman–Crippen MR) is 136 cm³/mol. The van der Waals surface area contributed by atoms with E-state index < -0.39 is 50.7 Å². The lowest BCUT2D eigenvalue weighted by atomic mass is 10.1. The van der Waals surface area contributed by atoms with Crippen molar-refractivity contribution < 1.29 is 45.0 Å². The van der Waals surface area contributed by atoms with Crippen LogP contribution in [-0.2, 0) is 16.4 Å². The Balaban J connectivity index is 1.38. The maximum atomic E-state index is 14.6. The molecule has 15 heteroatoms. The first kappa shape index (κ1) is 28.0. The van der Waals surface area contributed by atoms with Crippen LogP contribution in [0.5, 0.6) is 17.5 Å². The van der Waals surface area contributed by atoms with E-state index in [1.807, 2.05) is 0 Å². The number of halogens is 4. The lowest BCUT2D eigenvalue weighted by molar-refractivity contribution is -0.0530. The molecule has 4 aromatic rings.